The van der Waals surface area contributed by atoms with Crippen LogP contribution in [0, 0.1) is 0 Å². The minimum absolute atomic E-state index is 0.136. The number of aryl methyl sites for hydroxylation is 2. The fraction of sp³-hybridized carbons (Fsp3) is 0.429. The second kappa shape index (κ2) is 10.4. The standard InChI is InChI=1S/C28H32N4O3/c1-3-5-6-7-8-18-13-21(17-29-16-18)28-31-27(32-35-28)20-10-12-24-23(14-20)22-11-9-19(26(22)30-24)15-25(33)34-4-2/h10,12-14,16-17,19,30H,3-9,11,15H2,1-2H3. The summed E-state index contributed by atoms with van der Waals surface area (Å²) in [7, 11) is 0. The van der Waals surface area contributed by atoms with E-state index in [2.05, 4.69) is 45.2 Å². The summed E-state index contributed by atoms with van der Waals surface area (Å²) >= 11 is 0. The number of benzene rings is 1. The maximum atomic E-state index is 12.0. The maximum absolute atomic E-state index is 12.0. The summed E-state index contributed by atoms with van der Waals surface area (Å²) in [4.78, 5) is 24.6. The number of nitrogens with zero attached hydrogens (tertiary/aromatic N) is 3. The van der Waals surface area contributed by atoms with Gasteiger partial charge in [0.15, 0.2) is 0 Å². The van der Waals surface area contributed by atoms with Crippen LogP contribution in [0.2, 0.25) is 0 Å². The highest BCUT2D eigenvalue weighted by Crippen LogP contribution is 2.40. The van der Waals surface area contributed by atoms with Crippen molar-refractivity contribution in [1.82, 2.24) is 20.1 Å². The lowest BCUT2D eigenvalue weighted by Gasteiger charge is -2.08. The molecule has 5 rings (SSSR count). The number of esters is 1. The molecule has 0 saturated heterocycles. The monoisotopic (exact) mass is 472 g/mol. The van der Waals surface area contributed by atoms with E-state index in [0.717, 1.165) is 53.4 Å². The second-order valence-corrected chi connectivity index (χ2v) is 9.34. The van der Waals surface area contributed by atoms with Crippen molar-refractivity contribution in [3.8, 4) is 22.8 Å². The Morgan fingerprint density at radius 2 is 2.06 bits per heavy atom. The molecule has 35 heavy (non-hydrogen) atoms. The number of aromatic nitrogens is 4. The van der Waals surface area contributed by atoms with Crippen LogP contribution in [0.25, 0.3) is 33.7 Å². The number of hydrogen-bond acceptors (Lipinski definition) is 6. The van der Waals surface area contributed by atoms with Crippen molar-refractivity contribution in [1.29, 1.82) is 0 Å². The summed E-state index contributed by atoms with van der Waals surface area (Å²) in [6.07, 6.45) is 11.9. The molecule has 1 aromatic carbocycles. The SMILES string of the molecule is CCCCCCc1cncc(-c2nc(-c3ccc4[nH]c5c(c4c3)CCC5CC(=O)OCC)no2)c1. The average molecular weight is 473 g/mol. The molecule has 1 aliphatic carbocycles. The van der Waals surface area contributed by atoms with Crippen LogP contribution in [0.5, 0.6) is 0 Å². The van der Waals surface area contributed by atoms with Gasteiger partial charge in [-0.25, -0.2) is 0 Å². The zero-order valence-corrected chi connectivity index (χ0v) is 20.5. The van der Waals surface area contributed by atoms with Crippen molar-refractivity contribution in [2.24, 2.45) is 0 Å². The number of carbonyl (C=O) groups is 1. The van der Waals surface area contributed by atoms with E-state index >= 15 is 0 Å². The van der Waals surface area contributed by atoms with Crippen LogP contribution >= 0.6 is 0 Å². The van der Waals surface area contributed by atoms with Crippen molar-refractivity contribution >= 4 is 16.9 Å². The number of carbonyl (C=O) groups excluding carboxylic acids is 1. The van der Waals surface area contributed by atoms with Crippen molar-refractivity contribution < 1.29 is 14.1 Å². The van der Waals surface area contributed by atoms with E-state index in [1.54, 1.807) is 6.20 Å². The van der Waals surface area contributed by atoms with Crippen molar-refractivity contribution in [3.63, 3.8) is 0 Å². The first-order chi connectivity index (χ1) is 17.2. The molecular formula is C28H32N4O3. The molecule has 7 nitrogen and oxygen atoms in total. The van der Waals surface area contributed by atoms with Crippen molar-refractivity contribution in [3.05, 3.63) is 53.5 Å². The molecule has 1 atom stereocenters. The quantitative estimate of drug-likeness (QED) is 0.212. The molecule has 0 radical (unpaired) electrons. The number of aromatic amines is 1. The van der Waals surface area contributed by atoms with Gasteiger partial charge in [0, 0.05) is 40.5 Å². The molecule has 3 heterocycles. The third-order valence-electron chi connectivity index (χ3n) is 6.85. The Labute approximate surface area is 205 Å². The van der Waals surface area contributed by atoms with Gasteiger partial charge in [-0.3, -0.25) is 9.78 Å². The number of fused-ring (bicyclic) bond motifs is 3. The van der Waals surface area contributed by atoms with E-state index in [9.17, 15) is 4.79 Å². The lowest BCUT2D eigenvalue weighted by molar-refractivity contribution is -0.143. The van der Waals surface area contributed by atoms with Gasteiger partial charge in [-0.2, -0.15) is 4.98 Å². The Kier molecular flexibility index (Phi) is 6.93. The molecule has 182 valence electrons. The minimum Gasteiger partial charge on any atom is -0.466 e. The Hall–Kier alpha value is -3.48. The van der Waals surface area contributed by atoms with Gasteiger partial charge in [0.05, 0.1) is 18.6 Å². The summed E-state index contributed by atoms with van der Waals surface area (Å²) in [5, 5.41) is 5.41. The van der Waals surface area contributed by atoms with Crippen molar-refractivity contribution in [2.45, 2.75) is 71.1 Å². The summed E-state index contributed by atoms with van der Waals surface area (Å²) < 4.78 is 10.8. The van der Waals surface area contributed by atoms with E-state index in [1.165, 1.54) is 30.4 Å². The number of nitrogens with one attached hydrogen (secondary N) is 1. The van der Waals surface area contributed by atoms with Gasteiger partial charge < -0.3 is 14.2 Å². The third kappa shape index (κ3) is 4.99. The van der Waals surface area contributed by atoms with Crippen LogP contribution in [0.1, 0.15) is 75.1 Å². The number of ether oxygens (including phenoxy) is 1. The lowest BCUT2D eigenvalue weighted by atomic mass is 10.0. The van der Waals surface area contributed by atoms with Crippen LogP contribution in [-0.2, 0) is 22.4 Å². The van der Waals surface area contributed by atoms with Crippen LogP contribution in [-0.4, -0.2) is 32.7 Å². The first-order valence-corrected chi connectivity index (χ1v) is 12.7. The Morgan fingerprint density at radius 1 is 1.14 bits per heavy atom. The maximum Gasteiger partial charge on any atom is 0.306 e. The predicted octanol–water partition coefficient (Wildman–Crippen LogP) is 6.39. The van der Waals surface area contributed by atoms with Crippen LogP contribution in [0.15, 0.2) is 41.2 Å². The molecular weight excluding hydrogens is 440 g/mol. The summed E-state index contributed by atoms with van der Waals surface area (Å²) in [6.45, 7) is 4.48. The molecule has 3 aromatic heterocycles. The molecule has 0 spiro atoms. The van der Waals surface area contributed by atoms with Gasteiger partial charge in [0.1, 0.15) is 0 Å². The van der Waals surface area contributed by atoms with Gasteiger partial charge in [-0.15, -0.1) is 0 Å². The number of unbranched alkanes of at least 4 members (excludes halogenated alkanes) is 3. The molecule has 7 heteroatoms. The smallest absolute Gasteiger partial charge is 0.306 e. The summed E-state index contributed by atoms with van der Waals surface area (Å²) in [5.74, 6) is 1.09. The Bertz CT molecular complexity index is 1320. The predicted molar refractivity (Wildman–Crippen MR) is 135 cm³/mol. The fourth-order valence-corrected chi connectivity index (χ4v) is 5.07. The van der Waals surface area contributed by atoms with E-state index < -0.39 is 0 Å². The average Bonchev–Trinajstić information content (AvgIpc) is 3.59. The van der Waals surface area contributed by atoms with Gasteiger partial charge in [0.25, 0.3) is 5.89 Å². The van der Waals surface area contributed by atoms with Gasteiger partial charge >= 0.3 is 5.97 Å². The minimum atomic E-state index is -0.136. The first-order valence-electron chi connectivity index (χ1n) is 12.7. The van der Waals surface area contributed by atoms with Gasteiger partial charge in [-0.05, 0) is 68.0 Å². The van der Waals surface area contributed by atoms with Crippen LogP contribution in [0.4, 0.5) is 0 Å². The first kappa shape index (κ1) is 23.3. The highest BCUT2D eigenvalue weighted by atomic mass is 16.5. The normalized spacial score (nSPS) is 15.0. The second-order valence-electron chi connectivity index (χ2n) is 9.34. The fourth-order valence-electron chi connectivity index (χ4n) is 5.07. The van der Waals surface area contributed by atoms with Gasteiger partial charge in [0.2, 0.25) is 5.82 Å². The van der Waals surface area contributed by atoms with E-state index in [1.807, 2.05) is 19.2 Å². The highest BCUT2D eigenvalue weighted by Gasteiger charge is 2.29. The zero-order valence-electron chi connectivity index (χ0n) is 20.5. The summed E-state index contributed by atoms with van der Waals surface area (Å²) in [5.41, 5.74) is 6.45. The molecule has 1 unspecified atom stereocenters. The molecule has 1 N–H and O–H groups in total. The molecule has 4 aromatic rings. The summed E-state index contributed by atoms with van der Waals surface area (Å²) in [6, 6.07) is 8.28. The van der Waals surface area contributed by atoms with E-state index in [-0.39, 0.29) is 11.9 Å². The number of rotatable bonds is 10. The van der Waals surface area contributed by atoms with E-state index in [0.29, 0.717) is 24.7 Å². The van der Waals surface area contributed by atoms with Crippen LogP contribution in [0.3, 0.4) is 0 Å². The molecule has 0 bridgehead atoms. The Balaban J connectivity index is 1.35. The Morgan fingerprint density at radius 3 is 2.91 bits per heavy atom. The molecule has 1 aliphatic rings. The largest absolute Gasteiger partial charge is 0.466 e. The number of hydrogen-bond donors (Lipinski definition) is 1. The number of pyridine rings is 1. The van der Waals surface area contributed by atoms with Crippen molar-refractivity contribution in [2.75, 3.05) is 6.61 Å². The van der Waals surface area contributed by atoms with E-state index in [4.69, 9.17) is 9.26 Å². The van der Waals surface area contributed by atoms with Crippen LogP contribution < -0.4 is 0 Å². The zero-order chi connectivity index (χ0) is 24.2. The lowest BCUT2D eigenvalue weighted by Crippen LogP contribution is -2.08. The van der Waals surface area contributed by atoms with Gasteiger partial charge in [-0.1, -0.05) is 31.3 Å². The topological polar surface area (TPSA) is 93.9 Å². The number of H-pyrrole nitrogens is 1. The third-order valence-corrected chi connectivity index (χ3v) is 6.85. The molecule has 0 amide bonds. The highest BCUT2D eigenvalue weighted by molar-refractivity contribution is 5.89. The molecule has 0 aliphatic heterocycles. The molecule has 0 saturated carbocycles. The molecule has 0 fully saturated rings.